The molecule has 2 N–H and O–H groups in total. The third-order valence-corrected chi connectivity index (χ3v) is 2.40. The molecular weight excluding hydrogens is 267 g/mol. The first-order valence-corrected chi connectivity index (χ1v) is 5.36. The highest BCUT2D eigenvalue weighted by molar-refractivity contribution is 6.32. The molecule has 0 aromatic carbocycles. The van der Waals surface area contributed by atoms with E-state index < -0.39 is 4.92 Å². The minimum absolute atomic E-state index is 0.265. The number of rotatable bonds is 5. The van der Waals surface area contributed by atoms with E-state index in [9.17, 15) is 10.1 Å². The van der Waals surface area contributed by atoms with Crippen molar-refractivity contribution >= 4 is 23.2 Å². The largest absolute Gasteiger partial charge is 0.370 e. The van der Waals surface area contributed by atoms with Gasteiger partial charge in [0.15, 0.2) is 5.82 Å². The number of hydrogen-bond donors (Lipinski definition) is 2. The van der Waals surface area contributed by atoms with E-state index in [4.69, 9.17) is 23.2 Å². The Labute approximate surface area is 108 Å². The minimum Gasteiger partial charge on any atom is -0.370 e. The maximum Gasteiger partial charge on any atom is 0.274 e. The van der Waals surface area contributed by atoms with E-state index in [0.29, 0.717) is 17.3 Å². The van der Waals surface area contributed by atoms with E-state index in [0.717, 1.165) is 6.20 Å². The van der Waals surface area contributed by atoms with Gasteiger partial charge in [-0.2, -0.15) is 0 Å². The minimum atomic E-state index is -0.555. The van der Waals surface area contributed by atoms with Crippen LogP contribution < -0.4 is 10.6 Å². The van der Waals surface area contributed by atoms with Gasteiger partial charge in [-0.25, -0.2) is 4.98 Å². The molecule has 0 spiro atoms. The van der Waals surface area contributed by atoms with E-state index in [2.05, 4.69) is 15.6 Å². The third kappa shape index (κ3) is 4.46. The van der Waals surface area contributed by atoms with E-state index in [1.54, 1.807) is 19.2 Å². The number of nitrogens with zero attached hydrogens (tertiary/aromatic N) is 2. The molecule has 0 aliphatic carbocycles. The van der Waals surface area contributed by atoms with Crippen LogP contribution in [-0.4, -0.2) is 17.0 Å². The van der Waals surface area contributed by atoms with E-state index >= 15 is 0 Å². The summed E-state index contributed by atoms with van der Waals surface area (Å²) in [6, 6.07) is 3.30. The second-order valence-electron chi connectivity index (χ2n) is 3.02. The fourth-order valence-corrected chi connectivity index (χ4v) is 1.48. The molecule has 0 saturated carbocycles. The lowest BCUT2D eigenvalue weighted by atomic mass is 10.3. The zero-order valence-corrected chi connectivity index (χ0v) is 10.4. The van der Waals surface area contributed by atoms with Crippen molar-refractivity contribution in [2.24, 2.45) is 0 Å². The average Bonchev–Trinajstić information content (AvgIpc) is 2.25. The van der Waals surface area contributed by atoms with Gasteiger partial charge < -0.3 is 10.6 Å². The normalized spacial score (nSPS) is 11.1. The average molecular weight is 277 g/mol. The zero-order chi connectivity index (χ0) is 12.8. The second kappa shape index (κ2) is 6.27. The predicted octanol–water partition coefficient (Wildman–Crippen LogP) is 1.77. The summed E-state index contributed by atoms with van der Waals surface area (Å²) in [6.07, 6.45) is 0.831. The summed E-state index contributed by atoms with van der Waals surface area (Å²) in [7, 11) is 1.57. The van der Waals surface area contributed by atoms with Crippen LogP contribution in [-0.2, 0) is 6.54 Å². The van der Waals surface area contributed by atoms with Crippen molar-refractivity contribution in [1.82, 2.24) is 15.6 Å². The molecule has 0 saturated heterocycles. The van der Waals surface area contributed by atoms with Crippen LogP contribution in [0.15, 0.2) is 24.2 Å². The molecule has 0 atom stereocenters. The van der Waals surface area contributed by atoms with Crippen molar-refractivity contribution in [2.45, 2.75) is 6.54 Å². The first kappa shape index (κ1) is 13.5. The Morgan fingerprint density at radius 2 is 2.29 bits per heavy atom. The molecule has 0 amide bonds. The Kier molecular flexibility index (Phi) is 4.99. The molecule has 6 nitrogen and oxygen atoms in total. The molecule has 92 valence electrons. The summed E-state index contributed by atoms with van der Waals surface area (Å²) in [6.45, 7) is 0.309. The molecular formula is C9H10Cl2N4O2. The molecule has 0 fully saturated rings. The van der Waals surface area contributed by atoms with Crippen LogP contribution in [0.1, 0.15) is 5.56 Å². The van der Waals surface area contributed by atoms with Gasteiger partial charge in [-0.05, 0) is 6.07 Å². The smallest absolute Gasteiger partial charge is 0.274 e. The summed E-state index contributed by atoms with van der Waals surface area (Å²) >= 11 is 11.5. The van der Waals surface area contributed by atoms with Crippen molar-refractivity contribution in [2.75, 3.05) is 7.05 Å². The van der Waals surface area contributed by atoms with Crippen LogP contribution in [0.5, 0.6) is 0 Å². The molecule has 0 unspecified atom stereocenters. The molecule has 0 aliphatic heterocycles. The molecule has 1 aromatic heterocycles. The first-order chi connectivity index (χ1) is 8.02. The topological polar surface area (TPSA) is 80.1 Å². The van der Waals surface area contributed by atoms with E-state index in [1.807, 2.05) is 0 Å². The Balaban J connectivity index is 2.69. The number of nitrogens with one attached hydrogen (secondary N) is 2. The number of hydrogen-bond acceptors (Lipinski definition) is 5. The van der Waals surface area contributed by atoms with E-state index in [1.165, 1.54) is 0 Å². The van der Waals surface area contributed by atoms with Crippen LogP contribution in [0.4, 0.5) is 0 Å². The quantitative estimate of drug-likeness (QED) is 0.487. The predicted molar refractivity (Wildman–Crippen MR) is 65.2 cm³/mol. The fourth-order valence-electron chi connectivity index (χ4n) is 1.07. The second-order valence-corrected chi connectivity index (χ2v) is 3.76. The van der Waals surface area contributed by atoms with Crippen molar-refractivity contribution in [1.29, 1.82) is 0 Å². The van der Waals surface area contributed by atoms with Gasteiger partial charge in [0.25, 0.3) is 6.20 Å². The first-order valence-electron chi connectivity index (χ1n) is 4.60. The van der Waals surface area contributed by atoms with Gasteiger partial charge >= 0.3 is 0 Å². The number of halogens is 2. The van der Waals surface area contributed by atoms with Gasteiger partial charge in [0.1, 0.15) is 10.3 Å². The number of nitro groups is 1. The summed E-state index contributed by atoms with van der Waals surface area (Å²) in [4.78, 5) is 13.6. The van der Waals surface area contributed by atoms with Crippen LogP contribution in [0.2, 0.25) is 10.3 Å². The molecule has 0 aliphatic rings. The summed E-state index contributed by atoms with van der Waals surface area (Å²) in [5.74, 6) is 0.279. The fraction of sp³-hybridized carbons (Fsp3) is 0.222. The highest BCUT2D eigenvalue weighted by Crippen LogP contribution is 2.16. The maximum atomic E-state index is 10.3. The lowest BCUT2D eigenvalue weighted by molar-refractivity contribution is -0.404. The standard InChI is InChI=1S/C9H10Cl2N4O2/c1-12-8(5-15(16)17)13-4-6-2-3-7(10)14-9(6)11/h2-3,5,12-13H,4H2,1H3. The maximum absolute atomic E-state index is 10.3. The lowest BCUT2D eigenvalue weighted by Gasteiger charge is -2.08. The van der Waals surface area contributed by atoms with Gasteiger partial charge in [0, 0.05) is 19.2 Å². The molecule has 1 aromatic rings. The lowest BCUT2D eigenvalue weighted by Crippen LogP contribution is -2.24. The van der Waals surface area contributed by atoms with Crippen LogP contribution in [0.3, 0.4) is 0 Å². The van der Waals surface area contributed by atoms with Crippen molar-refractivity contribution in [3.63, 3.8) is 0 Å². The SMILES string of the molecule is CNC(=C[N+](=O)[O-])NCc1ccc(Cl)nc1Cl. The number of pyridine rings is 1. The molecule has 17 heavy (non-hydrogen) atoms. The Morgan fingerprint density at radius 3 is 2.82 bits per heavy atom. The van der Waals surface area contributed by atoms with E-state index in [-0.39, 0.29) is 11.0 Å². The van der Waals surface area contributed by atoms with Crippen LogP contribution >= 0.6 is 23.2 Å². The summed E-state index contributed by atoms with van der Waals surface area (Å²) in [5.41, 5.74) is 0.695. The van der Waals surface area contributed by atoms with Gasteiger partial charge in [-0.15, -0.1) is 0 Å². The molecule has 8 heteroatoms. The zero-order valence-electron chi connectivity index (χ0n) is 8.91. The Bertz CT molecular complexity index is 451. The Morgan fingerprint density at radius 1 is 1.59 bits per heavy atom. The monoisotopic (exact) mass is 276 g/mol. The summed E-state index contributed by atoms with van der Waals surface area (Å²) < 4.78 is 0. The molecule has 0 radical (unpaired) electrons. The molecule has 1 heterocycles. The summed E-state index contributed by atoms with van der Waals surface area (Å²) in [5, 5.41) is 16.3. The molecule has 0 bridgehead atoms. The molecule has 1 rings (SSSR count). The highest BCUT2D eigenvalue weighted by atomic mass is 35.5. The van der Waals surface area contributed by atoms with Gasteiger partial charge in [0.05, 0.1) is 4.92 Å². The van der Waals surface area contributed by atoms with Gasteiger partial charge in [0.2, 0.25) is 0 Å². The Hall–Kier alpha value is -1.53. The highest BCUT2D eigenvalue weighted by Gasteiger charge is 2.05. The van der Waals surface area contributed by atoms with Crippen LogP contribution in [0, 0.1) is 10.1 Å². The number of aromatic nitrogens is 1. The van der Waals surface area contributed by atoms with Crippen molar-refractivity contribution < 1.29 is 4.92 Å². The van der Waals surface area contributed by atoms with Crippen molar-refractivity contribution in [3.05, 3.63) is 50.1 Å². The third-order valence-electron chi connectivity index (χ3n) is 1.87. The van der Waals surface area contributed by atoms with Gasteiger partial charge in [-0.3, -0.25) is 10.1 Å². The van der Waals surface area contributed by atoms with Gasteiger partial charge in [-0.1, -0.05) is 29.3 Å². The van der Waals surface area contributed by atoms with Crippen molar-refractivity contribution in [3.8, 4) is 0 Å². The van der Waals surface area contributed by atoms with Crippen LogP contribution in [0.25, 0.3) is 0 Å².